The van der Waals surface area contributed by atoms with Crippen molar-refractivity contribution in [1.29, 1.82) is 0 Å². The number of fused-ring (bicyclic) bond motifs is 8. The summed E-state index contributed by atoms with van der Waals surface area (Å²) in [5, 5.41) is 4.80. The van der Waals surface area contributed by atoms with Crippen LogP contribution in [0.5, 0.6) is 0 Å². The lowest BCUT2D eigenvalue weighted by Crippen LogP contribution is -2.39. The Morgan fingerprint density at radius 3 is 2.21 bits per heavy atom. The van der Waals surface area contributed by atoms with Crippen molar-refractivity contribution in [3.63, 3.8) is 0 Å². The van der Waals surface area contributed by atoms with Crippen LogP contribution in [0, 0.1) is 0 Å². The molecule has 0 saturated carbocycles. The molecule has 0 saturated heterocycles. The summed E-state index contributed by atoms with van der Waals surface area (Å²) in [6.45, 7) is 6.45. The van der Waals surface area contributed by atoms with Crippen LogP contribution in [0.3, 0.4) is 0 Å². The molecule has 1 atom stereocenters. The van der Waals surface area contributed by atoms with Gasteiger partial charge in [0.05, 0.1) is 5.69 Å². The third-order valence-electron chi connectivity index (χ3n) is 6.43. The van der Waals surface area contributed by atoms with E-state index in [1.54, 1.807) is 9.58 Å². The molecular weight excluding hydrogens is 412 g/mol. The summed E-state index contributed by atoms with van der Waals surface area (Å²) in [7, 11) is 0. The first-order chi connectivity index (χ1) is 15.8. The van der Waals surface area contributed by atoms with Gasteiger partial charge in [-0.25, -0.2) is 4.68 Å². The molecule has 0 bridgehead atoms. The van der Waals surface area contributed by atoms with Crippen LogP contribution in [0.2, 0.25) is 0 Å². The molecule has 162 valence electrons. The SMILES string of the molecule is CC(C)(C)c1ccc(-c2nn3c(nc2=O)-c2ccccc2N2C(=O)c4ccccc4[C@@H]23)cc1. The number of hydrogen-bond donors (Lipinski definition) is 0. The molecular formula is C27H22N4O2. The molecule has 1 amide bonds. The van der Waals surface area contributed by atoms with Crippen molar-refractivity contribution < 1.29 is 4.79 Å². The Kier molecular flexibility index (Phi) is 3.99. The summed E-state index contributed by atoms with van der Waals surface area (Å²) in [5.41, 5.74) is 4.72. The van der Waals surface area contributed by atoms with Gasteiger partial charge < -0.3 is 0 Å². The molecule has 2 aliphatic heterocycles. The highest BCUT2D eigenvalue weighted by molar-refractivity contribution is 6.13. The average Bonchev–Trinajstić information content (AvgIpc) is 3.11. The second kappa shape index (κ2) is 6.72. The number of hydrogen-bond acceptors (Lipinski definition) is 4. The number of carbonyl (C=O) groups is 1. The molecule has 0 radical (unpaired) electrons. The molecule has 3 heterocycles. The van der Waals surface area contributed by atoms with Gasteiger partial charge in [-0.1, -0.05) is 75.4 Å². The summed E-state index contributed by atoms with van der Waals surface area (Å²) in [6.07, 6.45) is -0.487. The Morgan fingerprint density at radius 1 is 0.818 bits per heavy atom. The highest BCUT2D eigenvalue weighted by atomic mass is 16.2. The fourth-order valence-electron chi connectivity index (χ4n) is 4.71. The number of nitrogens with zero attached hydrogens (tertiary/aromatic N) is 4. The van der Waals surface area contributed by atoms with Crippen molar-refractivity contribution in [3.8, 4) is 22.6 Å². The smallest absolute Gasteiger partial charge is 0.280 e. The van der Waals surface area contributed by atoms with E-state index in [2.05, 4.69) is 25.8 Å². The van der Waals surface area contributed by atoms with Crippen LogP contribution in [0.25, 0.3) is 22.6 Å². The van der Waals surface area contributed by atoms with Crippen LogP contribution in [0.1, 0.15) is 48.4 Å². The number of carbonyl (C=O) groups excluding carboxylic acids is 1. The van der Waals surface area contributed by atoms with Crippen LogP contribution < -0.4 is 10.5 Å². The second-order valence-electron chi connectivity index (χ2n) is 9.51. The summed E-state index contributed by atoms with van der Waals surface area (Å²) in [5.74, 6) is 0.390. The molecule has 6 rings (SSSR count). The first-order valence-corrected chi connectivity index (χ1v) is 11.0. The normalized spacial score (nSPS) is 16.2. The molecule has 1 aromatic heterocycles. The number of rotatable bonds is 1. The van der Waals surface area contributed by atoms with Gasteiger partial charge in [-0.05, 0) is 29.2 Å². The summed E-state index contributed by atoms with van der Waals surface area (Å²) in [6, 6.07) is 23.0. The van der Waals surface area contributed by atoms with Gasteiger partial charge in [0.25, 0.3) is 11.5 Å². The van der Waals surface area contributed by atoms with Crippen molar-refractivity contribution in [2.45, 2.75) is 32.4 Å². The van der Waals surface area contributed by atoms with E-state index >= 15 is 0 Å². The Balaban J connectivity index is 1.59. The van der Waals surface area contributed by atoms with Gasteiger partial charge in [0, 0.05) is 22.3 Å². The third kappa shape index (κ3) is 2.80. The number of amides is 1. The largest absolute Gasteiger partial charge is 0.300 e. The highest BCUT2D eigenvalue weighted by Crippen LogP contribution is 2.46. The summed E-state index contributed by atoms with van der Waals surface area (Å²) < 4.78 is 1.72. The van der Waals surface area contributed by atoms with Crippen LogP contribution in [0.4, 0.5) is 5.69 Å². The Bertz CT molecular complexity index is 1500. The van der Waals surface area contributed by atoms with E-state index in [4.69, 9.17) is 5.10 Å². The maximum atomic E-state index is 13.4. The number of benzene rings is 3. The molecule has 0 N–H and O–H groups in total. The summed E-state index contributed by atoms with van der Waals surface area (Å²) in [4.78, 5) is 32.7. The molecule has 4 aromatic rings. The minimum absolute atomic E-state index is 0.00718. The maximum Gasteiger partial charge on any atom is 0.300 e. The maximum absolute atomic E-state index is 13.4. The lowest BCUT2D eigenvalue weighted by atomic mass is 9.86. The number of anilines is 1. The third-order valence-corrected chi connectivity index (χ3v) is 6.43. The van der Waals surface area contributed by atoms with Crippen molar-refractivity contribution in [1.82, 2.24) is 14.8 Å². The predicted molar refractivity (Wildman–Crippen MR) is 127 cm³/mol. The van der Waals surface area contributed by atoms with Gasteiger partial charge in [0.15, 0.2) is 17.7 Å². The van der Waals surface area contributed by atoms with Gasteiger partial charge >= 0.3 is 0 Å². The zero-order valence-corrected chi connectivity index (χ0v) is 18.6. The number of aromatic nitrogens is 3. The van der Waals surface area contributed by atoms with Crippen molar-refractivity contribution in [2.24, 2.45) is 0 Å². The minimum Gasteiger partial charge on any atom is -0.280 e. The lowest BCUT2D eigenvalue weighted by molar-refractivity contribution is 0.0986. The fraction of sp³-hybridized carbons (Fsp3) is 0.185. The molecule has 3 aromatic carbocycles. The Hall–Kier alpha value is -4.06. The van der Waals surface area contributed by atoms with Gasteiger partial charge in [-0.3, -0.25) is 14.5 Å². The first kappa shape index (κ1) is 19.6. The van der Waals surface area contributed by atoms with Gasteiger partial charge in [-0.2, -0.15) is 10.1 Å². The zero-order chi connectivity index (χ0) is 22.9. The molecule has 0 aliphatic carbocycles. The standard InChI is InChI=1S/C27H22N4O2/c1-27(2,3)17-14-12-16(13-15-17)22-24(32)28-23-20-10-6-7-11-21(20)30-25(31(23)29-22)18-8-4-5-9-19(18)26(30)33/h4-15,25H,1-3H3/t25-/m0/s1. The molecule has 33 heavy (non-hydrogen) atoms. The molecule has 2 aliphatic rings. The fourth-order valence-corrected chi connectivity index (χ4v) is 4.71. The van der Waals surface area contributed by atoms with Crippen LogP contribution >= 0.6 is 0 Å². The molecule has 0 spiro atoms. The quantitative estimate of drug-likeness (QED) is 0.432. The van der Waals surface area contributed by atoms with Gasteiger partial charge in [0.1, 0.15) is 0 Å². The summed E-state index contributed by atoms with van der Waals surface area (Å²) >= 11 is 0. The van der Waals surface area contributed by atoms with Crippen molar-refractivity contribution >= 4 is 11.6 Å². The van der Waals surface area contributed by atoms with Crippen LogP contribution in [-0.4, -0.2) is 20.7 Å². The molecule has 6 nitrogen and oxygen atoms in total. The molecule has 0 fully saturated rings. The predicted octanol–water partition coefficient (Wildman–Crippen LogP) is 4.79. The molecule has 0 unspecified atom stereocenters. The Morgan fingerprint density at radius 2 is 1.48 bits per heavy atom. The van der Waals surface area contributed by atoms with Crippen LogP contribution in [0.15, 0.2) is 77.6 Å². The Labute approximate surface area is 191 Å². The average molecular weight is 434 g/mol. The van der Waals surface area contributed by atoms with Crippen LogP contribution in [-0.2, 0) is 5.41 Å². The second-order valence-corrected chi connectivity index (χ2v) is 9.51. The van der Waals surface area contributed by atoms with E-state index in [-0.39, 0.29) is 22.6 Å². The van der Waals surface area contributed by atoms with E-state index in [1.165, 1.54) is 5.56 Å². The first-order valence-electron chi connectivity index (χ1n) is 11.0. The van der Waals surface area contributed by atoms with E-state index in [0.717, 1.165) is 11.3 Å². The van der Waals surface area contributed by atoms with E-state index in [0.29, 0.717) is 22.5 Å². The number of para-hydroxylation sites is 1. The van der Waals surface area contributed by atoms with E-state index in [9.17, 15) is 9.59 Å². The van der Waals surface area contributed by atoms with E-state index in [1.807, 2.05) is 72.8 Å². The van der Waals surface area contributed by atoms with Crippen molar-refractivity contribution in [2.75, 3.05) is 4.90 Å². The topological polar surface area (TPSA) is 68.1 Å². The van der Waals surface area contributed by atoms with E-state index < -0.39 is 6.17 Å². The monoisotopic (exact) mass is 434 g/mol. The van der Waals surface area contributed by atoms with Gasteiger partial charge in [0.2, 0.25) is 0 Å². The molecule has 6 heteroatoms. The minimum atomic E-state index is -0.487. The van der Waals surface area contributed by atoms with Crippen molar-refractivity contribution in [3.05, 3.63) is 99.8 Å². The zero-order valence-electron chi connectivity index (χ0n) is 18.6. The highest BCUT2D eigenvalue weighted by Gasteiger charge is 2.44. The van der Waals surface area contributed by atoms with Gasteiger partial charge in [-0.15, -0.1) is 0 Å². The lowest BCUT2D eigenvalue weighted by Gasteiger charge is -2.34.